The van der Waals surface area contributed by atoms with Crippen molar-refractivity contribution in [1.82, 2.24) is 15.3 Å². The molecule has 3 aromatic rings. The Hall–Kier alpha value is -1.91. The highest BCUT2D eigenvalue weighted by molar-refractivity contribution is 7.15. The van der Waals surface area contributed by atoms with Gasteiger partial charge in [-0.2, -0.15) is 0 Å². The summed E-state index contributed by atoms with van der Waals surface area (Å²) < 4.78 is 0. The molecule has 2 N–H and O–H groups in total. The summed E-state index contributed by atoms with van der Waals surface area (Å²) in [5, 5.41) is 3.57. The van der Waals surface area contributed by atoms with E-state index in [1.54, 1.807) is 6.33 Å². The minimum absolute atomic E-state index is 0.229. The quantitative estimate of drug-likeness (QED) is 0.756. The average molecular weight is 281 g/mol. The largest absolute Gasteiger partial charge is 0.348 e. The fourth-order valence-corrected chi connectivity index (χ4v) is 3.81. The number of aromatic nitrogens is 2. The summed E-state index contributed by atoms with van der Waals surface area (Å²) in [6.45, 7) is 0.998. The number of hydrogen-bond donors (Lipinski definition) is 2. The minimum Gasteiger partial charge on any atom is -0.348 e. The number of rotatable bonds is 2. The van der Waals surface area contributed by atoms with Crippen LogP contribution in [0.15, 0.2) is 48.8 Å². The number of fused-ring (bicyclic) bond motifs is 1. The maximum Gasteiger partial charge on any atom is 0.0926 e. The molecule has 0 fully saturated rings. The molecule has 100 valence electrons. The van der Waals surface area contributed by atoms with Crippen molar-refractivity contribution >= 4 is 11.3 Å². The normalized spacial score (nSPS) is 17.9. The minimum atomic E-state index is 0.229. The topological polar surface area (TPSA) is 40.7 Å². The van der Waals surface area contributed by atoms with Gasteiger partial charge in [0, 0.05) is 28.4 Å². The van der Waals surface area contributed by atoms with Gasteiger partial charge in [-0.15, -0.1) is 11.3 Å². The van der Waals surface area contributed by atoms with E-state index in [1.807, 2.05) is 11.3 Å². The van der Waals surface area contributed by atoms with Gasteiger partial charge in [-0.05, 0) is 17.7 Å². The van der Waals surface area contributed by atoms with Crippen molar-refractivity contribution in [2.24, 2.45) is 0 Å². The molecule has 0 bridgehead atoms. The molecule has 0 saturated heterocycles. The first-order valence-electron chi connectivity index (χ1n) is 6.82. The standard InChI is InChI=1S/C16H15N3S/c1-2-4-11(5-3-1)13-6-7-14(20-13)16-15-12(8-9-17-16)18-10-19-15/h1-7,10,16-17H,8-9H2,(H,18,19)/t16-/m1/s1. The Kier molecular flexibility index (Phi) is 2.90. The second-order valence-corrected chi connectivity index (χ2v) is 6.09. The van der Waals surface area contributed by atoms with Crippen molar-refractivity contribution in [3.8, 4) is 10.4 Å². The fourth-order valence-electron chi connectivity index (χ4n) is 2.72. The molecule has 0 aliphatic carbocycles. The molecule has 0 spiro atoms. The summed E-state index contributed by atoms with van der Waals surface area (Å²) in [7, 11) is 0. The van der Waals surface area contributed by atoms with Crippen LogP contribution in [-0.4, -0.2) is 16.5 Å². The Morgan fingerprint density at radius 3 is 2.90 bits per heavy atom. The summed E-state index contributed by atoms with van der Waals surface area (Å²) in [5.74, 6) is 0. The van der Waals surface area contributed by atoms with Gasteiger partial charge in [0.15, 0.2) is 0 Å². The number of thiophene rings is 1. The molecule has 1 aromatic carbocycles. The van der Waals surface area contributed by atoms with E-state index >= 15 is 0 Å². The third-order valence-electron chi connectivity index (χ3n) is 3.72. The van der Waals surface area contributed by atoms with E-state index in [4.69, 9.17) is 0 Å². The van der Waals surface area contributed by atoms with Gasteiger partial charge in [0.2, 0.25) is 0 Å². The molecule has 0 saturated carbocycles. The molecule has 20 heavy (non-hydrogen) atoms. The lowest BCUT2D eigenvalue weighted by molar-refractivity contribution is 0.560. The smallest absolute Gasteiger partial charge is 0.0926 e. The molecule has 2 aromatic heterocycles. The highest BCUT2D eigenvalue weighted by atomic mass is 32.1. The summed E-state index contributed by atoms with van der Waals surface area (Å²) in [6, 6.07) is 15.2. The lowest BCUT2D eigenvalue weighted by atomic mass is 10.0. The first kappa shape index (κ1) is 11.9. The summed E-state index contributed by atoms with van der Waals surface area (Å²) in [6.07, 6.45) is 2.83. The van der Waals surface area contributed by atoms with Crippen LogP contribution >= 0.6 is 11.3 Å². The Labute approximate surface area is 121 Å². The van der Waals surface area contributed by atoms with Crippen LogP contribution in [-0.2, 0) is 6.42 Å². The van der Waals surface area contributed by atoms with E-state index in [1.165, 1.54) is 21.0 Å². The van der Waals surface area contributed by atoms with Crippen LogP contribution in [0.25, 0.3) is 10.4 Å². The van der Waals surface area contributed by atoms with Gasteiger partial charge in [-0.1, -0.05) is 30.3 Å². The third-order valence-corrected chi connectivity index (χ3v) is 4.92. The average Bonchev–Trinajstić information content (AvgIpc) is 3.17. The molecule has 4 heteroatoms. The lowest BCUT2D eigenvalue weighted by Crippen LogP contribution is -2.30. The molecular weight excluding hydrogens is 266 g/mol. The first-order chi connectivity index (χ1) is 9.92. The Bertz CT molecular complexity index is 714. The SMILES string of the molecule is c1ccc(-c2ccc([C@H]3NCCc4[nH]cnc43)s2)cc1. The second kappa shape index (κ2) is 4.89. The van der Waals surface area contributed by atoms with Crippen molar-refractivity contribution in [2.75, 3.05) is 6.54 Å². The third kappa shape index (κ3) is 1.97. The molecule has 1 aliphatic heterocycles. The number of nitrogens with one attached hydrogen (secondary N) is 2. The monoisotopic (exact) mass is 281 g/mol. The maximum atomic E-state index is 4.49. The number of hydrogen-bond acceptors (Lipinski definition) is 3. The van der Waals surface area contributed by atoms with E-state index in [9.17, 15) is 0 Å². The predicted molar refractivity (Wildman–Crippen MR) is 81.9 cm³/mol. The molecule has 1 atom stereocenters. The lowest BCUT2D eigenvalue weighted by Gasteiger charge is -2.21. The highest BCUT2D eigenvalue weighted by Gasteiger charge is 2.24. The zero-order chi connectivity index (χ0) is 13.4. The van der Waals surface area contributed by atoms with Gasteiger partial charge in [0.05, 0.1) is 18.1 Å². The summed E-state index contributed by atoms with van der Waals surface area (Å²) >= 11 is 1.84. The van der Waals surface area contributed by atoms with Crippen LogP contribution in [0, 0.1) is 0 Å². The van der Waals surface area contributed by atoms with Crippen LogP contribution in [0.2, 0.25) is 0 Å². The highest BCUT2D eigenvalue weighted by Crippen LogP contribution is 2.35. The fraction of sp³-hybridized carbons (Fsp3) is 0.188. The van der Waals surface area contributed by atoms with Crippen LogP contribution in [0.4, 0.5) is 0 Å². The molecule has 0 radical (unpaired) electrons. The van der Waals surface area contributed by atoms with Gasteiger partial charge in [-0.25, -0.2) is 4.98 Å². The second-order valence-electron chi connectivity index (χ2n) is 4.97. The van der Waals surface area contributed by atoms with Gasteiger partial charge < -0.3 is 10.3 Å². The number of aromatic amines is 1. The van der Waals surface area contributed by atoms with Crippen molar-refractivity contribution < 1.29 is 0 Å². The predicted octanol–water partition coefficient (Wildman–Crippen LogP) is 3.37. The number of benzene rings is 1. The maximum absolute atomic E-state index is 4.49. The van der Waals surface area contributed by atoms with Crippen LogP contribution in [0.5, 0.6) is 0 Å². The van der Waals surface area contributed by atoms with Crippen LogP contribution < -0.4 is 5.32 Å². The Morgan fingerprint density at radius 1 is 1.10 bits per heavy atom. The van der Waals surface area contributed by atoms with E-state index in [0.717, 1.165) is 18.7 Å². The molecule has 3 nitrogen and oxygen atoms in total. The zero-order valence-corrected chi connectivity index (χ0v) is 11.8. The van der Waals surface area contributed by atoms with Crippen molar-refractivity contribution in [3.63, 3.8) is 0 Å². The molecule has 1 aliphatic rings. The molecule has 3 heterocycles. The van der Waals surface area contributed by atoms with Crippen LogP contribution in [0.1, 0.15) is 22.3 Å². The van der Waals surface area contributed by atoms with Gasteiger partial charge in [-0.3, -0.25) is 0 Å². The summed E-state index contributed by atoms with van der Waals surface area (Å²) in [4.78, 5) is 10.4. The Morgan fingerprint density at radius 2 is 2.00 bits per heavy atom. The van der Waals surface area contributed by atoms with Gasteiger partial charge in [0.1, 0.15) is 0 Å². The number of imidazole rings is 1. The van der Waals surface area contributed by atoms with Crippen molar-refractivity contribution in [3.05, 3.63) is 65.1 Å². The van der Waals surface area contributed by atoms with E-state index in [2.05, 4.69) is 57.7 Å². The first-order valence-corrected chi connectivity index (χ1v) is 7.64. The molecule has 4 rings (SSSR count). The van der Waals surface area contributed by atoms with E-state index in [-0.39, 0.29) is 6.04 Å². The Balaban J connectivity index is 1.70. The number of nitrogens with zero attached hydrogens (tertiary/aromatic N) is 1. The zero-order valence-electron chi connectivity index (χ0n) is 11.0. The molecular formula is C16H15N3S. The van der Waals surface area contributed by atoms with Gasteiger partial charge >= 0.3 is 0 Å². The molecule has 0 amide bonds. The van der Waals surface area contributed by atoms with Crippen LogP contribution in [0.3, 0.4) is 0 Å². The molecule has 0 unspecified atom stereocenters. The van der Waals surface area contributed by atoms with Crippen molar-refractivity contribution in [2.45, 2.75) is 12.5 Å². The number of H-pyrrole nitrogens is 1. The summed E-state index contributed by atoms with van der Waals surface area (Å²) in [5.41, 5.74) is 3.70. The van der Waals surface area contributed by atoms with Gasteiger partial charge in [0.25, 0.3) is 0 Å². The van der Waals surface area contributed by atoms with Crippen molar-refractivity contribution in [1.29, 1.82) is 0 Å². The van der Waals surface area contributed by atoms with E-state index in [0.29, 0.717) is 0 Å². The van der Waals surface area contributed by atoms with E-state index < -0.39 is 0 Å².